The first-order chi connectivity index (χ1) is 14.2. The van der Waals surface area contributed by atoms with Crippen molar-refractivity contribution in [2.75, 3.05) is 0 Å². The number of hydrogen-bond acceptors (Lipinski definition) is 6. The Bertz CT molecular complexity index is 1060. The minimum atomic E-state index is -0.538. The molecule has 30 heavy (non-hydrogen) atoms. The van der Waals surface area contributed by atoms with Gasteiger partial charge < -0.3 is 9.47 Å². The standard InChI is InChI=1S/C23H27N3O3S/c1-14-17(11-16-9-7-6-8-10-16)18-13-28-19(12-20(27)29-23(3,4)5)21-25-24-15(2)26(21)22(18)30-14/h6-10,19H,11-13H2,1-5H3. The van der Waals surface area contributed by atoms with Crippen LogP contribution in [0.1, 0.15) is 66.5 Å². The van der Waals surface area contributed by atoms with Gasteiger partial charge in [-0.15, -0.1) is 21.5 Å². The number of rotatable bonds is 4. The molecule has 6 nitrogen and oxygen atoms in total. The summed E-state index contributed by atoms with van der Waals surface area (Å²) < 4.78 is 13.8. The number of benzene rings is 1. The van der Waals surface area contributed by atoms with E-state index in [4.69, 9.17) is 9.47 Å². The van der Waals surface area contributed by atoms with E-state index >= 15 is 0 Å². The molecule has 1 aliphatic rings. The fourth-order valence-corrected chi connectivity index (χ4v) is 4.98. The summed E-state index contributed by atoms with van der Waals surface area (Å²) in [4.78, 5) is 13.7. The molecule has 3 heterocycles. The Balaban J connectivity index is 1.69. The summed E-state index contributed by atoms with van der Waals surface area (Å²) >= 11 is 1.73. The number of fused-ring (bicyclic) bond motifs is 3. The van der Waals surface area contributed by atoms with Crippen molar-refractivity contribution in [1.82, 2.24) is 14.8 Å². The van der Waals surface area contributed by atoms with Crippen LogP contribution in [0.2, 0.25) is 0 Å². The zero-order chi connectivity index (χ0) is 21.5. The van der Waals surface area contributed by atoms with Crippen LogP contribution in [0.3, 0.4) is 0 Å². The quantitative estimate of drug-likeness (QED) is 0.560. The van der Waals surface area contributed by atoms with Crippen LogP contribution in [0.25, 0.3) is 5.00 Å². The third-order valence-corrected chi connectivity index (χ3v) is 6.24. The Morgan fingerprint density at radius 1 is 1.23 bits per heavy atom. The molecule has 1 unspecified atom stereocenters. The molecule has 7 heteroatoms. The van der Waals surface area contributed by atoms with Crippen LogP contribution < -0.4 is 0 Å². The molecule has 0 saturated heterocycles. The lowest BCUT2D eigenvalue weighted by Crippen LogP contribution is -2.25. The van der Waals surface area contributed by atoms with Crippen LogP contribution in [-0.4, -0.2) is 26.3 Å². The Morgan fingerprint density at radius 3 is 2.67 bits per heavy atom. The molecular formula is C23H27N3O3S. The van der Waals surface area contributed by atoms with Crippen molar-refractivity contribution in [3.63, 3.8) is 0 Å². The molecule has 0 spiro atoms. The maximum Gasteiger partial charge on any atom is 0.309 e. The average Bonchev–Trinajstić information content (AvgIpc) is 3.13. The molecule has 3 aromatic rings. The SMILES string of the molecule is Cc1sc2c(c1Cc1ccccc1)COC(CC(=O)OC(C)(C)C)c1nnc(C)n1-2. The van der Waals surface area contributed by atoms with Crippen molar-refractivity contribution < 1.29 is 14.3 Å². The predicted octanol–water partition coefficient (Wildman–Crippen LogP) is 4.84. The average molecular weight is 426 g/mol. The van der Waals surface area contributed by atoms with Gasteiger partial charge in [-0.1, -0.05) is 30.3 Å². The summed E-state index contributed by atoms with van der Waals surface area (Å²) in [5.74, 6) is 1.15. The van der Waals surface area contributed by atoms with Crippen molar-refractivity contribution in [1.29, 1.82) is 0 Å². The second-order valence-corrected chi connectivity index (χ2v) is 9.82. The number of nitrogens with zero attached hydrogens (tertiary/aromatic N) is 3. The number of ether oxygens (including phenoxy) is 2. The number of carbonyl (C=O) groups is 1. The smallest absolute Gasteiger partial charge is 0.309 e. The van der Waals surface area contributed by atoms with Crippen molar-refractivity contribution >= 4 is 17.3 Å². The normalized spacial score (nSPS) is 16.0. The fraction of sp³-hybridized carbons (Fsp3) is 0.435. The van der Waals surface area contributed by atoms with Crippen LogP contribution >= 0.6 is 11.3 Å². The van der Waals surface area contributed by atoms with Gasteiger partial charge in [0.05, 0.1) is 13.0 Å². The lowest BCUT2D eigenvalue weighted by Gasteiger charge is -2.21. The zero-order valence-electron chi connectivity index (χ0n) is 18.1. The van der Waals surface area contributed by atoms with E-state index < -0.39 is 11.7 Å². The van der Waals surface area contributed by atoms with E-state index in [2.05, 4.69) is 41.4 Å². The van der Waals surface area contributed by atoms with Crippen molar-refractivity contribution in [2.24, 2.45) is 0 Å². The highest BCUT2D eigenvalue weighted by molar-refractivity contribution is 7.14. The van der Waals surface area contributed by atoms with Crippen LogP contribution in [-0.2, 0) is 27.3 Å². The number of aryl methyl sites for hydroxylation is 2. The largest absolute Gasteiger partial charge is 0.460 e. The molecule has 158 valence electrons. The minimum absolute atomic E-state index is 0.108. The van der Waals surface area contributed by atoms with Crippen LogP contribution in [0.5, 0.6) is 0 Å². The van der Waals surface area contributed by atoms with Gasteiger partial charge in [0.2, 0.25) is 0 Å². The topological polar surface area (TPSA) is 66.2 Å². The van der Waals surface area contributed by atoms with E-state index in [9.17, 15) is 4.79 Å². The summed E-state index contributed by atoms with van der Waals surface area (Å²) in [6.07, 6.45) is 0.456. The van der Waals surface area contributed by atoms with E-state index in [0.717, 1.165) is 22.8 Å². The summed E-state index contributed by atoms with van der Waals surface area (Å²) in [5.41, 5.74) is 3.15. The first kappa shape index (κ1) is 20.8. The van der Waals surface area contributed by atoms with Crippen molar-refractivity contribution in [2.45, 2.75) is 65.8 Å². The van der Waals surface area contributed by atoms with E-state index in [1.807, 2.05) is 38.3 Å². The molecule has 1 aliphatic heterocycles. The van der Waals surface area contributed by atoms with E-state index in [1.165, 1.54) is 16.0 Å². The van der Waals surface area contributed by atoms with Crippen LogP contribution in [0, 0.1) is 13.8 Å². The Hall–Kier alpha value is -2.51. The van der Waals surface area contributed by atoms with Gasteiger partial charge in [0.25, 0.3) is 0 Å². The Labute approximate surface area is 180 Å². The third kappa shape index (κ3) is 4.18. The van der Waals surface area contributed by atoms with E-state index in [0.29, 0.717) is 12.4 Å². The minimum Gasteiger partial charge on any atom is -0.460 e. The molecular weight excluding hydrogens is 398 g/mol. The molecule has 1 aromatic carbocycles. The molecule has 0 fully saturated rings. The Kier molecular flexibility index (Phi) is 5.51. The summed E-state index contributed by atoms with van der Waals surface area (Å²) in [6.45, 7) is 10.1. The van der Waals surface area contributed by atoms with Gasteiger partial charge in [-0.05, 0) is 52.2 Å². The van der Waals surface area contributed by atoms with Gasteiger partial charge in [-0.2, -0.15) is 0 Å². The summed E-state index contributed by atoms with van der Waals surface area (Å²) in [5, 5.41) is 9.72. The predicted molar refractivity (Wildman–Crippen MR) is 116 cm³/mol. The highest BCUT2D eigenvalue weighted by atomic mass is 32.1. The van der Waals surface area contributed by atoms with Crippen molar-refractivity contribution in [3.05, 3.63) is 63.5 Å². The molecule has 2 aromatic heterocycles. The van der Waals surface area contributed by atoms with Gasteiger partial charge >= 0.3 is 5.97 Å². The van der Waals surface area contributed by atoms with Gasteiger partial charge in [-0.25, -0.2) is 0 Å². The summed E-state index contributed by atoms with van der Waals surface area (Å²) in [6, 6.07) is 10.4. The molecule has 0 N–H and O–H groups in total. The van der Waals surface area contributed by atoms with Crippen LogP contribution in [0.4, 0.5) is 0 Å². The molecule has 4 rings (SSSR count). The van der Waals surface area contributed by atoms with E-state index in [1.54, 1.807) is 11.3 Å². The van der Waals surface area contributed by atoms with Crippen LogP contribution in [0.15, 0.2) is 30.3 Å². The number of hydrogen-bond donors (Lipinski definition) is 0. The lowest BCUT2D eigenvalue weighted by atomic mass is 10.0. The lowest BCUT2D eigenvalue weighted by molar-refractivity contribution is -0.158. The maximum atomic E-state index is 12.5. The fourth-order valence-electron chi connectivity index (χ4n) is 3.75. The first-order valence-electron chi connectivity index (χ1n) is 10.1. The molecule has 0 aliphatic carbocycles. The highest BCUT2D eigenvalue weighted by Crippen LogP contribution is 2.39. The molecule has 0 saturated carbocycles. The molecule has 0 amide bonds. The first-order valence-corrected chi connectivity index (χ1v) is 11.0. The monoisotopic (exact) mass is 425 g/mol. The Morgan fingerprint density at radius 2 is 1.97 bits per heavy atom. The third-order valence-electron chi connectivity index (χ3n) is 5.06. The van der Waals surface area contributed by atoms with E-state index in [-0.39, 0.29) is 12.4 Å². The van der Waals surface area contributed by atoms with Gasteiger partial charge in [-0.3, -0.25) is 9.36 Å². The number of thiophene rings is 1. The highest BCUT2D eigenvalue weighted by Gasteiger charge is 2.32. The molecule has 1 atom stereocenters. The molecule has 0 bridgehead atoms. The van der Waals surface area contributed by atoms with Gasteiger partial charge in [0, 0.05) is 10.4 Å². The second kappa shape index (κ2) is 7.96. The zero-order valence-corrected chi connectivity index (χ0v) is 18.9. The van der Waals surface area contributed by atoms with Gasteiger partial charge in [0.15, 0.2) is 5.82 Å². The summed E-state index contributed by atoms with van der Waals surface area (Å²) in [7, 11) is 0. The number of esters is 1. The van der Waals surface area contributed by atoms with Crippen molar-refractivity contribution in [3.8, 4) is 5.00 Å². The second-order valence-electron chi connectivity index (χ2n) is 8.61. The number of aromatic nitrogens is 3. The van der Waals surface area contributed by atoms with Gasteiger partial charge in [0.1, 0.15) is 22.5 Å². The molecule has 0 radical (unpaired) electrons. The maximum absolute atomic E-state index is 12.5. The number of carbonyl (C=O) groups excluding carboxylic acids is 1.